The SMILES string of the molecule is Cc1nn(C)c(C)c1C(NC(=O)C1CC1)C(=O)O. The van der Waals surface area contributed by atoms with Gasteiger partial charge in [-0.25, -0.2) is 4.79 Å². The molecule has 1 aliphatic carbocycles. The van der Waals surface area contributed by atoms with E-state index in [-0.39, 0.29) is 11.8 Å². The van der Waals surface area contributed by atoms with Crippen LogP contribution in [0.15, 0.2) is 0 Å². The third-order valence-corrected chi connectivity index (χ3v) is 3.34. The highest BCUT2D eigenvalue weighted by Gasteiger charge is 2.34. The van der Waals surface area contributed by atoms with Crippen molar-refractivity contribution in [1.82, 2.24) is 15.1 Å². The molecule has 1 aromatic heterocycles. The first kappa shape index (κ1) is 12.6. The lowest BCUT2D eigenvalue weighted by molar-refractivity contribution is -0.142. The molecule has 0 bridgehead atoms. The fourth-order valence-electron chi connectivity index (χ4n) is 2.07. The van der Waals surface area contributed by atoms with Crippen molar-refractivity contribution in [3.05, 3.63) is 17.0 Å². The summed E-state index contributed by atoms with van der Waals surface area (Å²) < 4.78 is 1.63. The Bertz CT molecular complexity index is 503. The zero-order chi connectivity index (χ0) is 13.4. The second-order valence-corrected chi connectivity index (χ2v) is 4.76. The first-order valence-corrected chi connectivity index (χ1v) is 5.95. The maximum Gasteiger partial charge on any atom is 0.331 e. The number of aryl methyl sites for hydroxylation is 2. The third kappa shape index (κ3) is 2.23. The Morgan fingerprint density at radius 1 is 1.44 bits per heavy atom. The molecule has 6 nitrogen and oxygen atoms in total. The summed E-state index contributed by atoms with van der Waals surface area (Å²) in [6.07, 6.45) is 1.70. The van der Waals surface area contributed by atoms with Crippen molar-refractivity contribution in [3.63, 3.8) is 0 Å². The Morgan fingerprint density at radius 3 is 2.44 bits per heavy atom. The maximum atomic E-state index is 11.7. The third-order valence-electron chi connectivity index (χ3n) is 3.34. The van der Waals surface area contributed by atoms with E-state index in [2.05, 4.69) is 10.4 Å². The van der Waals surface area contributed by atoms with Crippen LogP contribution >= 0.6 is 0 Å². The molecule has 1 aliphatic rings. The Morgan fingerprint density at radius 2 is 2.06 bits per heavy atom. The number of hydrogen-bond acceptors (Lipinski definition) is 3. The molecule has 0 saturated heterocycles. The lowest BCUT2D eigenvalue weighted by atomic mass is 10.0. The molecule has 1 heterocycles. The molecule has 2 N–H and O–H groups in total. The Kier molecular flexibility index (Phi) is 3.11. The molecule has 6 heteroatoms. The quantitative estimate of drug-likeness (QED) is 0.824. The fraction of sp³-hybridized carbons (Fsp3) is 0.583. The van der Waals surface area contributed by atoms with Crippen LogP contribution in [0.25, 0.3) is 0 Å². The zero-order valence-electron chi connectivity index (χ0n) is 10.7. The van der Waals surface area contributed by atoms with Crippen LogP contribution in [0, 0.1) is 19.8 Å². The number of carboxylic acids is 1. The van der Waals surface area contributed by atoms with Gasteiger partial charge in [-0.2, -0.15) is 5.10 Å². The van der Waals surface area contributed by atoms with Gasteiger partial charge in [0.15, 0.2) is 6.04 Å². The van der Waals surface area contributed by atoms with Crippen molar-refractivity contribution in [2.75, 3.05) is 0 Å². The largest absolute Gasteiger partial charge is 0.479 e. The van der Waals surface area contributed by atoms with Gasteiger partial charge in [-0.05, 0) is 26.7 Å². The molecule has 98 valence electrons. The van der Waals surface area contributed by atoms with Gasteiger partial charge in [0.2, 0.25) is 5.91 Å². The lowest BCUT2D eigenvalue weighted by Gasteiger charge is -2.15. The van der Waals surface area contributed by atoms with Crippen molar-refractivity contribution in [3.8, 4) is 0 Å². The highest BCUT2D eigenvalue weighted by Crippen LogP contribution is 2.30. The number of rotatable bonds is 4. The molecule has 1 fully saturated rings. The van der Waals surface area contributed by atoms with E-state index in [1.54, 1.807) is 25.6 Å². The fourth-order valence-corrected chi connectivity index (χ4v) is 2.07. The van der Waals surface area contributed by atoms with Crippen LogP contribution in [0.1, 0.15) is 35.8 Å². The summed E-state index contributed by atoms with van der Waals surface area (Å²) in [4.78, 5) is 23.1. The predicted molar refractivity (Wildman–Crippen MR) is 63.9 cm³/mol. The molecule has 1 saturated carbocycles. The smallest absolute Gasteiger partial charge is 0.331 e. The summed E-state index contributed by atoms with van der Waals surface area (Å²) in [5, 5.41) is 16.1. The Hall–Kier alpha value is -1.85. The van der Waals surface area contributed by atoms with Crippen molar-refractivity contribution >= 4 is 11.9 Å². The monoisotopic (exact) mass is 251 g/mol. The van der Waals surface area contributed by atoms with E-state index in [9.17, 15) is 14.7 Å². The number of carbonyl (C=O) groups is 2. The second-order valence-electron chi connectivity index (χ2n) is 4.76. The lowest BCUT2D eigenvalue weighted by Crippen LogP contribution is -2.35. The number of aromatic nitrogens is 2. The van der Waals surface area contributed by atoms with Crippen molar-refractivity contribution < 1.29 is 14.7 Å². The maximum absolute atomic E-state index is 11.7. The summed E-state index contributed by atoms with van der Waals surface area (Å²) in [6, 6.07) is -1.01. The van der Waals surface area contributed by atoms with Gasteiger partial charge in [0.05, 0.1) is 5.69 Å². The van der Waals surface area contributed by atoms with Gasteiger partial charge in [-0.1, -0.05) is 0 Å². The van der Waals surface area contributed by atoms with Crippen LogP contribution < -0.4 is 5.32 Å². The van der Waals surface area contributed by atoms with Gasteiger partial charge in [-0.3, -0.25) is 9.48 Å². The molecule has 18 heavy (non-hydrogen) atoms. The van der Waals surface area contributed by atoms with Crippen LogP contribution in [-0.2, 0) is 16.6 Å². The summed E-state index contributed by atoms with van der Waals surface area (Å²) in [7, 11) is 1.76. The van der Waals surface area contributed by atoms with E-state index in [1.807, 2.05) is 0 Å². The van der Waals surface area contributed by atoms with Crippen LogP contribution in [0.3, 0.4) is 0 Å². The van der Waals surface area contributed by atoms with E-state index < -0.39 is 12.0 Å². The van der Waals surface area contributed by atoms with E-state index in [4.69, 9.17) is 0 Å². The minimum Gasteiger partial charge on any atom is -0.479 e. The summed E-state index contributed by atoms with van der Waals surface area (Å²) in [5.41, 5.74) is 1.98. The van der Waals surface area contributed by atoms with Crippen LogP contribution in [0.5, 0.6) is 0 Å². The molecular formula is C12H17N3O3. The Balaban J connectivity index is 2.28. The minimum absolute atomic E-state index is 0.0101. The molecule has 0 aliphatic heterocycles. The average Bonchev–Trinajstić information content (AvgIpc) is 3.07. The van der Waals surface area contributed by atoms with Crippen LogP contribution in [0.2, 0.25) is 0 Å². The van der Waals surface area contributed by atoms with Gasteiger partial charge in [0.25, 0.3) is 0 Å². The topological polar surface area (TPSA) is 84.2 Å². The van der Waals surface area contributed by atoms with E-state index in [1.165, 1.54) is 0 Å². The average molecular weight is 251 g/mol. The minimum atomic E-state index is -1.05. The second kappa shape index (κ2) is 4.44. The van der Waals surface area contributed by atoms with Crippen molar-refractivity contribution in [2.24, 2.45) is 13.0 Å². The number of nitrogens with zero attached hydrogens (tertiary/aromatic N) is 2. The predicted octanol–water partition coefficient (Wildman–Crippen LogP) is 0.689. The molecule has 0 spiro atoms. The molecule has 1 atom stereocenters. The molecule has 1 amide bonds. The van der Waals surface area contributed by atoms with Gasteiger partial charge < -0.3 is 10.4 Å². The molecule has 1 aromatic rings. The highest BCUT2D eigenvalue weighted by molar-refractivity contribution is 5.87. The normalized spacial score (nSPS) is 16.4. The van der Waals surface area contributed by atoms with Gasteiger partial charge >= 0.3 is 5.97 Å². The summed E-state index contributed by atoms with van der Waals surface area (Å²) >= 11 is 0. The number of hydrogen-bond donors (Lipinski definition) is 2. The van der Waals surface area contributed by atoms with E-state index in [0.717, 1.165) is 18.5 Å². The molecule has 1 unspecified atom stereocenters. The van der Waals surface area contributed by atoms with Crippen molar-refractivity contribution in [2.45, 2.75) is 32.7 Å². The number of amides is 1. The number of carboxylic acid groups (broad SMARTS) is 1. The zero-order valence-corrected chi connectivity index (χ0v) is 10.7. The van der Waals surface area contributed by atoms with Crippen LogP contribution in [-0.4, -0.2) is 26.8 Å². The van der Waals surface area contributed by atoms with Crippen molar-refractivity contribution in [1.29, 1.82) is 0 Å². The summed E-state index contributed by atoms with van der Waals surface area (Å²) in [6.45, 7) is 3.55. The standard InChI is InChI=1S/C12H17N3O3/c1-6-9(7(2)15(3)14-6)10(12(17)18)13-11(16)8-4-5-8/h8,10H,4-5H2,1-3H3,(H,13,16)(H,17,18). The highest BCUT2D eigenvalue weighted by atomic mass is 16.4. The number of nitrogens with one attached hydrogen (secondary N) is 1. The Labute approximate surface area is 105 Å². The van der Waals surface area contributed by atoms with Gasteiger partial charge in [-0.15, -0.1) is 0 Å². The molecular weight excluding hydrogens is 234 g/mol. The van der Waals surface area contributed by atoms with Gasteiger partial charge in [0, 0.05) is 24.2 Å². The van der Waals surface area contributed by atoms with Crippen LogP contribution in [0.4, 0.5) is 0 Å². The van der Waals surface area contributed by atoms with Gasteiger partial charge in [0.1, 0.15) is 0 Å². The van der Waals surface area contributed by atoms with E-state index >= 15 is 0 Å². The first-order valence-electron chi connectivity index (χ1n) is 5.95. The van der Waals surface area contributed by atoms with E-state index in [0.29, 0.717) is 11.3 Å². The number of carbonyl (C=O) groups excluding carboxylic acids is 1. The number of aliphatic carboxylic acids is 1. The first-order chi connectivity index (χ1) is 8.41. The molecule has 0 aromatic carbocycles. The summed E-state index contributed by atoms with van der Waals surface area (Å²) in [5.74, 6) is -1.24. The molecule has 2 rings (SSSR count). The molecule has 0 radical (unpaired) electrons.